The number of para-hydroxylation sites is 1. The predicted octanol–water partition coefficient (Wildman–Crippen LogP) is 3.23. The highest BCUT2D eigenvalue weighted by Gasteiger charge is 2.14. The number of aromatic nitrogens is 4. The van der Waals surface area contributed by atoms with Crippen LogP contribution in [-0.4, -0.2) is 31.7 Å². The van der Waals surface area contributed by atoms with E-state index in [-0.39, 0.29) is 17.9 Å². The first-order valence-corrected chi connectivity index (χ1v) is 9.33. The standard InChI is InChI=1S/C22H20N4O3/c1-3-29-20-10-9-16(15(2)27)11-17(20)13-25-14-23-21-19(22(25)28)12-24-26(21)18-7-5-4-6-8-18/h4-12,14H,3,13H2,1-2H3. The molecule has 0 radical (unpaired) electrons. The van der Waals surface area contributed by atoms with Gasteiger partial charge in [0.25, 0.3) is 5.56 Å². The van der Waals surface area contributed by atoms with Gasteiger partial charge in [0.15, 0.2) is 11.4 Å². The van der Waals surface area contributed by atoms with Crippen LogP contribution >= 0.6 is 0 Å². The van der Waals surface area contributed by atoms with Gasteiger partial charge in [0, 0.05) is 11.1 Å². The molecule has 0 spiro atoms. The van der Waals surface area contributed by atoms with Gasteiger partial charge in [-0.2, -0.15) is 5.10 Å². The quantitative estimate of drug-likeness (QED) is 0.474. The first-order valence-electron chi connectivity index (χ1n) is 9.33. The highest BCUT2D eigenvalue weighted by atomic mass is 16.5. The number of Topliss-reactive ketones (excluding diaryl/α,β-unsaturated/α-hetero) is 1. The zero-order valence-electron chi connectivity index (χ0n) is 16.2. The minimum absolute atomic E-state index is 0.0423. The number of rotatable bonds is 6. The van der Waals surface area contributed by atoms with E-state index < -0.39 is 0 Å². The number of carbonyl (C=O) groups is 1. The molecule has 0 unspecified atom stereocenters. The smallest absolute Gasteiger partial charge is 0.264 e. The van der Waals surface area contributed by atoms with E-state index in [1.165, 1.54) is 24.0 Å². The molecule has 7 nitrogen and oxygen atoms in total. The molecule has 0 aliphatic rings. The second-order valence-electron chi connectivity index (χ2n) is 6.62. The molecule has 0 atom stereocenters. The summed E-state index contributed by atoms with van der Waals surface area (Å²) in [5.74, 6) is 0.601. The number of hydrogen-bond acceptors (Lipinski definition) is 5. The lowest BCUT2D eigenvalue weighted by molar-refractivity contribution is 0.101. The van der Waals surface area contributed by atoms with E-state index in [1.54, 1.807) is 22.9 Å². The van der Waals surface area contributed by atoms with Crippen LogP contribution in [0.5, 0.6) is 5.75 Å². The molecule has 2 heterocycles. The van der Waals surface area contributed by atoms with Gasteiger partial charge >= 0.3 is 0 Å². The molecular formula is C22H20N4O3. The fourth-order valence-electron chi connectivity index (χ4n) is 3.22. The molecule has 2 aromatic carbocycles. The topological polar surface area (TPSA) is 79.0 Å². The van der Waals surface area contributed by atoms with Gasteiger partial charge in [-0.1, -0.05) is 18.2 Å². The Morgan fingerprint density at radius 1 is 1.14 bits per heavy atom. The van der Waals surface area contributed by atoms with Crippen molar-refractivity contribution in [1.82, 2.24) is 19.3 Å². The summed E-state index contributed by atoms with van der Waals surface area (Å²) in [5, 5.41) is 4.76. The second kappa shape index (κ2) is 7.71. The molecule has 0 aliphatic heterocycles. The van der Waals surface area contributed by atoms with Crippen LogP contribution in [0.15, 0.2) is 65.8 Å². The maximum absolute atomic E-state index is 13.0. The van der Waals surface area contributed by atoms with Crippen LogP contribution in [0.4, 0.5) is 0 Å². The number of ketones is 1. The molecule has 4 rings (SSSR count). The van der Waals surface area contributed by atoms with Gasteiger partial charge in [0.2, 0.25) is 0 Å². The molecule has 4 aromatic rings. The van der Waals surface area contributed by atoms with Crippen molar-refractivity contribution >= 4 is 16.8 Å². The monoisotopic (exact) mass is 388 g/mol. The summed E-state index contributed by atoms with van der Waals surface area (Å²) >= 11 is 0. The Morgan fingerprint density at radius 2 is 1.93 bits per heavy atom. The summed E-state index contributed by atoms with van der Waals surface area (Å²) < 4.78 is 8.81. The average molecular weight is 388 g/mol. The van der Waals surface area contributed by atoms with Crippen LogP contribution in [-0.2, 0) is 6.54 Å². The summed E-state index contributed by atoms with van der Waals surface area (Å²) in [5.41, 5.74) is 2.45. The number of nitrogens with zero attached hydrogens (tertiary/aromatic N) is 4. The number of carbonyl (C=O) groups excluding carboxylic acids is 1. The van der Waals surface area contributed by atoms with Gasteiger partial charge in [0.05, 0.1) is 25.0 Å². The van der Waals surface area contributed by atoms with Crippen molar-refractivity contribution in [3.8, 4) is 11.4 Å². The number of benzene rings is 2. The van der Waals surface area contributed by atoms with Crippen LogP contribution in [0.3, 0.4) is 0 Å². The van der Waals surface area contributed by atoms with Gasteiger partial charge in [0.1, 0.15) is 17.5 Å². The van der Waals surface area contributed by atoms with Crippen LogP contribution in [0.1, 0.15) is 29.8 Å². The predicted molar refractivity (Wildman–Crippen MR) is 110 cm³/mol. The Bertz CT molecular complexity index is 1240. The first kappa shape index (κ1) is 18.6. The highest BCUT2D eigenvalue weighted by molar-refractivity contribution is 5.94. The molecule has 0 fully saturated rings. The molecule has 0 saturated carbocycles. The molecule has 0 saturated heterocycles. The lowest BCUT2D eigenvalue weighted by Gasteiger charge is -2.13. The van der Waals surface area contributed by atoms with Crippen molar-refractivity contribution in [2.75, 3.05) is 6.61 Å². The Morgan fingerprint density at radius 3 is 2.66 bits per heavy atom. The zero-order chi connectivity index (χ0) is 20.4. The van der Waals surface area contributed by atoms with Crippen molar-refractivity contribution in [3.63, 3.8) is 0 Å². The lowest BCUT2D eigenvalue weighted by Crippen LogP contribution is -2.21. The fraction of sp³-hybridized carbons (Fsp3) is 0.182. The Balaban J connectivity index is 1.76. The summed E-state index contributed by atoms with van der Waals surface area (Å²) in [4.78, 5) is 29.3. The summed E-state index contributed by atoms with van der Waals surface area (Å²) in [6.07, 6.45) is 3.03. The highest BCUT2D eigenvalue weighted by Crippen LogP contribution is 2.22. The van der Waals surface area contributed by atoms with E-state index in [9.17, 15) is 9.59 Å². The molecular weight excluding hydrogens is 368 g/mol. The fourth-order valence-corrected chi connectivity index (χ4v) is 3.22. The Kier molecular flexibility index (Phi) is 4.95. The first-order chi connectivity index (χ1) is 14.1. The molecule has 0 amide bonds. The van der Waals surface area contributed by atoms with Crippen molar-refractivity contribution < 1.29 is 9.53 Å². The molecule has 7 heteroatoms. The molecule has 0 bridgehead atoms. The summed E-state index contributed by atoms with van der Waals surface area (Å²) in [6.45, 7) is 4.13. The molecule has 0 N–H and O–H groups in total. The van der Waals surface area contributed by atoms with Crippen molar-refractivity contribution in [2.24, 2.45) is 0 Å². The third-order valence-electron chi connectivity index (χ3n) is 4.66. The zero-order valence-corrected chi connectivity index (χ0v) is 16.2. The van der Waals surface area contributed by atoms with Crippen LogP contribution < -0.4 is 10.3 Å². The average Bonchev–Trinajstić information content (AvgIpc) is 3.17. The summed E-state index contributed by atoms with van der Waals surface area (Å²) in [7, 11) is 0. The normalized spacial score (nSPS) is 11.0. The minimum atomic E-state index is -0.201. The van der Waals surface area contributed by atoms with Crippen LogP contribution in [0.2, 0.25) is 0 Å². The number of ether oxygens (including phenoxy) is 1. The van der Waals surface area contributed by atoms with Gasteiger partial charge in [-0.05, 0) is 44.2 Å². The Hall–Kier alpha value is -3.74. The molecule has 2 aromatic heterocycles. The molecule has 146 valence electrons. The van der Waals surface area contributed by atoms with E-state index in [2.05, 4.69) is 10.1 Å². The largest absolute Gasteiger partial charge is 0.494 e. The van der Waals surface area contributed by atoms with Gasteiger partial charge in [-0.3, -0.25) is 14.2 Å². The van der Waals surface area contributed by atoms with E-state index >= 15 is 0 Å². The minimum Gasteiger partial charge on any atom is -0.494 e. The second-order valence-corrected chi connectivity index (χ2v) is 6.62. The number of fused-ring (bicyclic) bond motifs is 1. The maximum Gasteiger partial charge on any atom is 0.264 e. The van der Waals surface area contributed by atoms with E-state index in [0.717, 1.165) is 11.3 Å². The molecule has 0 aliphatic carbocycles. The van der Waals surface area contributed by atoms with E-state index in [0.29, 0.717) is 29.0 Å². The van der Waals surface area contributed by atoms with Crippen molar-refractivity contribution in [3.05, 3.63) is 82.5 Å². The summed E-state index contributed by atoms with van der Waals surface area (Å²) in [6, 6.07) is 14.8. The van der Waals surface area contributed by atoms with Crippen LogP contribution in [0, 0.1) is 0 Å². The maximum atomic E-state index is 13.0. The number of hydrogen-bond donors (Lipinski definition) is 0. The van der Waals surface area contributed by atoms with Crippen molar-refractivity contribution in [2.45, 2.75) is 20.4 Å². The third kappa shape index (κ3) is 3.54. The molecule has 29 heavy (non-hydrogen) atoms. The van der Waals surface area contributed by atoms with E-state index in [4.69, 9.17) is 4.74 Å². The van der Waals surface area contributed by atoms with E-state index in [1.807, 2.05) is 37.3 Å². The van der Waals surface area contributed by atoms with Crippen LogP contribution in [0.25, 0.3) is 16.7 Å². The van der Waals surface area contributed by atoms with Crippen molar-refractivity contribution in [1.29, 1.82) is 0 Å². The SMILES string of the molecule is CCOc1ccc(C(C)=O)cc1Cn1cnc2c(cnn2-c2ccccc2)c1=O. The Labute approximate surface area is 167 Å². The lowest BCUT2D eigenvalue weighted by atomic mass is 10.1. The van der Waals surface area contributed by atoms with Gasteiger partial charge in [-0.25, -0.2) is 9.67 Å². The van der Waals surface area contributed by atoms with Gasteiger partial charge in [-0.15, -0.1) is 0 Å². The third-order valence-corrected chi connectivity index (χ3v) is 4.66. The van der Waals surface area contributed by atoms with Gasteiger partial charge < -0.3 is 4.74 Å².